The first-order valence-electron chi connectivity index (χ1n) is 14.6. The fourth-order valence-electron chi connectivity index (χ4n) is 5.26. The lowest BCUT2D eigenvalue weighted by Gasteiger charge is -2.36. The van der Waals surface area contributed by atoms with Crippen LogP contribution in [0.4, 0.5) is 4.79 Å². The van der Waals surface area contributed by atoms with Gasteiger partial charge in [-0.1, -0.05) is 55.1 Å². The van der Waals surface area contributed by atoms with Crippen molar-refractivity contribution in [1.29, 1.82) is 0 Å². The number of aliphatic carboxylic acids is 1. The Kier molecular flexibility index (Phi) is 12.5. The maximum absolute atomic E-state index is 12.6. The summed E-state index contributed by atoms with van der Waals surface area (Å²) < 4.78 is 22.0. The van der Waals surface area contributed by atoms with Gasteiger partial charge in [-0.3, -0.25) is 4.79 Å². The topological polar surface area (TPSA) is 153 Å². The van der Waals surface area contributed by atoms with E-state index in [2.05, 4.69) is 17.2 Å². The van der Waals surface area contributed by atoms with Crippen LogP contribution in [0.1, 0.15) is 50.7 Å². The van der Waals surface area contributed by atoms with Crippen LogP contribution in [0.2, 0.25) is 0 Å². The summed E-state index contributed by atoms with van der Waals surface area (Å²) in [5.74, 6) is -1.95. The SMILES string of the molecule is C=C([C@@H](COC)OC)C(C)(C)O[C@@H](C)[C@@H](O)CNC(=O)CC[C@H](NC(=O)OCC1c2ccccc2-c2ccccc21)C(=O)O. The number of ether oxygens (including phenoxy) is 4. The molecule has 0 aliphatic heterocycles. The highest BCUT2D eigenvalue weighted by atomic mass is 16.6. The number of amides is 2. The predicted octanol–water partition coefficient (Wildman–Crippen LogP) is 3.64. The van der Waals surface area contributed by atoms with Gasteiger partial charge in [-0.2, -0.15) is 0 Å². The van der Waals surface area contributed by atoms with Gasteiger partial charge >= 0.3 is 12.1 Å². The molecule has 0 saturated carbocycles. The Morgan fingerprint density at radius 3 is 2.16 bits per heavy atom. The molecule has 44 heavy (non-hydrogen) atoms. The second-order valence-corrected chi connectivity index (χ2v) is 11.3. The van der Waals surface area contributed by atoms with Crippen LogP contribution in [0.25, 0.3) is 11.1 Å². The van der Waals surface area contributed by atoms with Crippen molar-refractivity contribution in [3.63, 3.8) is 0 Å². The van der Waals surface area contributed by atoms with E-state index in [1.54, 1.807) is 35.0 Å². The van der Waals surface area contributed by atoms with Crippen molar-refractivity contribution in [3.05, 3.63) is 71.8 Å². The molecule has 1 aliphatic rings. The zero-order chi connectivity index (χ0) is 32.4. The van der Waals surface area contributed by atoms with E-state index in [-0.39, 0.29) is 31.9 Å². The quantitative estimate of drug-likeness (QED) is 0.196. The third-order valence-corrected chi connectivity index (χ3v) is 7.89. The summed E-state index contributed by atoms with van der Waals surface area (Å²) >= 11 is 0. The molecule has 0 fully saturated rings. The monoisotopic (exact) mass is 612 g/mol. The molecule has 1 aliphatic carbocycles. The third-order valence-electron chi connectivity index (χ3n) is 7.89. The molecule has 2 aromatic rings. The van der Waals surface area contributed by atoms with Crippen LogP contribution in [-0.2, 0) is 28.5 Å². The summed E-state index contributed by atoms with van der Waals surface area (Å²) in [4.78, 5) is 36.8. The Bertz CT molecular complexity index is 1270. The molecule has 0 saturated heterocycles. The number of hydrogen-bond acceptors (Lipinski definition) is 8. The lowest BCUT2D eigenvalue weighted by Crippen LogP contribution is -2.45. The summed E-state index contributed by atoms with van der Waals surface area (Å²) in [6, 6.07) is 14.4. The molecule has 11 nitrogen and oxygen atoms in total. The Balaban J connectivity index is 1.45. The first-order chi connectivity index (χ1) is 20.9. The molecule has 240 valence electrons. The van der Waals surface area contributed by atoms with Crippen LogP contribution in [0, 0.1) is 0 Å². The van der Waals surface area contributed by atoms with Gasteiger partial charge in [0, 0.05) is 33.1 Å². The number of nitrogens with one attached hydrogen (secondary N) is 2. The first kappa shape index (κ1) is 34.7. The number of aliphatic hydroxyl groups excluding tert-OH is 1. The lowest BCUT2D eigenvalue weighted by atomic mass is 9.94. The number of carbonyl (C=O) groups excluding carboxylic acids is 2. The zero-order valence-electron chi connectivity index (χ0n) is 26.0. The maximum atomic E-state index is 12.6. The number of hydrogen-bond donors (Lipinski definition) is 4. The molecular formula is C33H44N2O9. The summed E-state index contributed by atoms with van der Waals surface area (Å²) in [6.07, 6.45) is -3.38. The van der Waals surface area contributed by atoms with Crippen molar-refractivity contribution >= 4 is 18.0 Å². The standard InChI is InChI=1S/C33H44N2O9/c1-20(29(42-6)19-41-5)33(3,4)44-21(2)28(36)17-34-30(37)16-15-27(31(38)39)35-32(40)43-18-26-24-13-9-7-11-22(24)23-12-8-10-14-25(23)26/h7-14,21,26-29,36H,1,15-19H2,2-6H3,(H,34,37)(H,35,40)(H,38,39)/t21-,27-,28-,29+/m0/s1. The molecule has 0 radical (unpaired) electrons. The molecule has 4 atom stereocenters. The number of carbonyl (C=O) groups is 3. The molecule has 0 heterocycles. The van der Waals surface area contributed by atoms with Gasteiger partial charge in [0.25, 0.3) is 0 Å². The summed E-state index contributed by atoms with van der Waals surface area (Å²) in [5.41, 5.74) is 4.00. The van der Waals surface area contributed by atoms with Crippen molar-refractivity contribution in [2.75, 3.05) is 34.0 Å². The van der Waals surface area contributed by atoms with Gasteiger partial charge in [0.05, 0.1) is 24.4 Å². The third kappa shape index (κ3) is 8.88. The van der Waals surface area contributed by atoms with Gasteiger partial charge in [0.2, 0.25) is 5.91 Å². The number of carboxylic acid groups (broad SMARTS) is 1. The highest BCUT2D eigenvalue weighted by Crippen LogP contribution is 2.44. The Labute approximate surface area is 258 Å². The van der Waals surface area contributed by atoms with E-state index in [0.29, 0.717) is 12.2 Å². The van der Waals surface area contributed by atoms with Gasteiger partial charge in [-0.05, 0) is 55.0 Å². The van der Waals surface area contributed by atoms with Crippen molar-refractivity contribution < 1.29 is 43.5 Å². The second-order valence-electron chi connectivity index (χ2n) is 11.3. The molecular weight excluding hydrogens is 568 g/mol. The fourth-order valence-corrected chi connectivity index (χ4v) is 5.26. The number of rotatable bonds is 17. The minimum absolute atomic E-state index is 0.0352. The van der Waals surface area contributed by atoms with E-state index in [4.69, 9.17) is 18.9 Å². The number of alkyl carbamates (subject to hydrolysis) is 1. The van der Waals surface area contributed by atoms with Gasteiger partial charge in [-0.15, -0.1) is 0 Å². The van der Waals surface area contributed by atoms with Crippen LogP contribution in [0.3, 0.4) is 0 Å². The van der Waals surface area contributed by atoms with E-state index in [9.17, 15) is 24.6 Å². The number of methoxy groups -OCH3 is 2. The van der Waals surface area contributed by atoms with Gasteiger partial charge in [-0.25, -0.2) is 9.59 Å². The highest BCUT2D eigenvalue weighted by molar-refractivity contribution is 5.82. The van der Waals surface area contributed by atoms with Gasteiger partial charge < -0.3 is 39.8 Å². The lowest BCUT2D eigenvalue weighted by molar-refractivity contribution is -0.139. The molecule has 11 heteroatoms. The molecule has 0 bridgehead atoms. The fraction of sp³-hybridized carbons (Fsp3) is 0.485. The normalized spacial score (nSPS) is 15.3. The Morgan fingerprint density at radius 1 is 1.02 bits per heavy atom. The average molecular weight is 613 g/mol. The van der Waals surface area contributed by atoms with E-state index in [1.807, 2.05) is 48.5 Å². The number of aliphatic hydroxyl groups is 1. The number of carboxylic acids is 1. The molecule has 4 N–H and O–H groups in total. The minimum Gasteiger partial charge on any atom is -0.480 e. The van der Waals surface area contributed by atoms with Crippen LogP contribution in [0.5, 0.6) is 0 Å². The Morgan fingerprint density at radius 2 is 1.61 bits per heavy atom. The summed E-state index contributed by atoms with van der Waals surface area (Å²) in [5, 5.41) is 25.1. The van der Waals surface area contributed by atoms with Gasteiger partial charge in [0.1, 0.15) is 18.8 Å². The largest absolute Gasteiger partial charge is 0.480 e. The number of benzene rings is 2. The summed E-state index contributed by atoms with van der Waals surface area (Å²) in [6.45, 7) is 9.54. The van der Waals surface area contributed by atoms with Crippen LogP contribution in [0.15, 0.2) is 60.7 Å². The minimum atomic E-state index is -1.34. The highest BCUT2D eigenvalue weighted by Gasteiger charge is 2.33. The molecule has 2 aromatic carbocycles. The molecule has 2 amide bonds. The maximum Gasteiger partial charge on any atom is 0.407 e. The van der Waals surface area contributed by atoms with E-state index < -0.39 is 47.9 Å². The molecule has 3 rings (SSSR count). The van der Waals surface area contributed by atoms with Crippen LogP contribution < -0.4 is 10.6 Å². The van der Waals surface area contributed by atoms with Gasteiger partial charge in [0.15, 0.2) is 0 Å². The number of fused-ring (bicyclic) bond motifs is 3. The second kappa shape index (κ2) is 15.8. The molecule has 0 aromatic heterocycles. The molecule has 0 unspecified atom stereocenters. The zero-order valence-corrected chi connectivity index (χ0v) is 26.0. The van der Waals surface area contributed by atoms with Crippen LogP contribution in [-0.4, -0.2) is 92.1 Å². The first-order valence-corrected chi connectivity index (χ1v) is 14.6. The van der Waals surface area contributed by atoms with Crippen LogP contribution >= 0.6 is 0 Å². The van der Waals surface area contributed by atoms with Crippen molar-refractivity contribution in [2.24, 2.45) is 0 Å². The van der Waals surface area contributed by atoms with E-state index in [0.717, 1.165) is 22.3 Å². The van der Waals surface area contributed by atoms with Crippen molar-refractivity contribution in [2.45, 2.75) is 69.5 Å². The molecule has 0 spiro atoms. The van der Waals surface area contributed by atoms with Crippen molar-refractivity contribution in [1.82, 2.24) is 10.6 Å². The van der Waals surface area contributed by atoms with E-state index in [1.165, 1.54) is 0 Å². The average Bonchev–Trinajstić information content (AvgIpc) is 3.32. The smallest absolute Gasteiger partial charge is 0.407 e. The Hall–Kier alpha value is -3.77. The van der Waals surface area contributed by atoms with E-state index >= 15 is 0 Å². The summed E-state index contributed by atoms with van der Waals surface area (Å²) in [7, 11) is 3.10. The van der Waals surface area contributed by atoms with Crippen molar-refractivity contribution in [3.8, 4) is 11.1 Å². The predicted molar refractivity (Wildman–Crippen MR) is 164 cm³/mol.